The van der Waals surface area contributed by atoms with Crippen molar-refractivity contribution in [1.29, 1.82) is 0 Å². The monoisotopic (exact) mass is 200 g/mol. The fourth-order valence-electron chi connectivity index (χ4n) is 1.61. The Kier molecular flexibility index (Phi) is 3.73. The van der Waals surface area contributed by atoms with Crippen molar-refractivity contribution in [1.82, 2.24) is 4.90 Å². The van der Waals surface area contributed by atoms with Crippen LogP contribution in [0.5, 0.6) is 0 Å². The Morgan fingerprint density at radius 1 is 1.43 bits per heavy atom. The van der Waals surface area contributed by atoms with E-state index in [2.05, 4.69) is 0 Å². The van der Waals surface area contributed by atoms with Crippen LogP contribution in [0.2, 0.25) is 0 Å². The Hall–Kier alpha value is -1.26. The second-order valence-electron chi connectivity index (χ2n) is 3.58. The van der Waals surface area contributed by atoms with Crippen molar-refractivity contribution in [2.24, 2.45) is 11.7 Å². The minimum Gasteiger partial charge on any atom is -0.449 e. The second-order valence-corrected chi connectivity index (χ2v) is 3.58. The van der Waals surface area contributed by atoms with Gasteiger partial charge < -0.3 is 15.4 Å². The molecule has 0 atom stereocenters. The van der Waals surface area contributed by atoms with Crippen LogP contribution in [0, 0.1) is 5.92 Å². The Morgan fingerprint density at radius 3 is 2.43 bits per heavy atom. The molecule has 1 heterocycles. The van der Waals surface area contributed by atoms with Crippen LogP contribution in [0.3, 0.4) is 0 Å². The summed E-state index contributed by atoms with van der Waals surface area (Å²) < 4.78 is 4.71. The Bertz CT molecular complexity index is 222. The highest BCUT2D eigenvalue weighted by Crippen LogP contribution is 2.17. The van der Waals surface area contributed by atoms with Gasteiger partial charge in [-0.05, 0) is 18.8 Å². The Morgan fingerprint density at radius 2 is 2.00 bits per heavy atom. The van der Waals surface area contributed by atoms with Crippen molar-refractivity contribution >= 4 is 12.0 Å². The summed E-state index contributed by atoms with van der Waals surface area (Å²) in [5.74, 6) is 0.456. The number of rotatable bonds is 2. The first-order chi connectivity index (χ1) is 6.59. The normalized spacial score (nSPS) is 17.9. The van der Waals surface area contributed by atoms with E-state index in [1.165, 1.54) is 0 Å². The molecule has 5 heteroatoms. The molecule has 0 aliphatic carbocycles. The van der Waals surface area contributed by atoms with Crippen LogP contribution in [0.4, 0.5) is 4.79 Å². The first-order valence-corrected chi connectivity index (χ1v) is 4.77. The maximum absolute atomic E-state index is 11.0. The second kappa shape index (κ2) is 4.83. The summed E-state index contributed by atoms with van der Waals surface area (Å²) in [7, 11) is 0. The number of nitrogens with two attached hydrogens (primary N) is 1. The Balaban J connectivity index is 2.22. The summed E-state index contributed by atoms with van der Waals surface area (Å²) in [5, 5.41) is 0. The number of nitrogens with zero attached hydrogens (tertiary/aromatic N) is 1. The average Bonchev–Trinajstić information content (AvgIpc) is 2.15. The first kappa shape index (κ1) is 10.8. The smallest absolute Gasteiger partial charge is 0.404 e. The van der Waals surface area contributed by atoms with Crippen LogP contribution >= 0.6 is 0 Å². The van der Waals surface area contributed by atoms with E-state index in [1.54, 1.807) is 11.8 Å². The predicted octanol–water partition coefficient (Wildman–Crippen LogP) is 0.340. The maximum atomic E-state index is 11.0. The van der Waals surface area contributed by atoms with E-state index in [1.807, 2.05) is 0 Å². The van der Waals surface area contributed by atoms with Crippen molar-refractivity contribution in [3.8, 4) is 0 Å². The minimum absolute atomic E-state index is 0.110. The van der Waals surface area contributed by atoms with Crippen molar-refractivity contribution in [3.05, 3.63) is 0 Å². The van der Waals surface area contributed by atoms with Gasteiger partial charge in [0, 0.05) is 20.0 Å². The fourth-order valence-corrected chi connectivity index (χ4v) is 1.61. The quantitative estimate of drug-likeness (QED) is 0.698. The van der Waals surface area contributed by atoms with Gasteiger partial charge in [-0.3, -0.25) is 4.79 Å². The zero-order chi connectivity index (χ0) is 10.6. The molecular weight excluding hydrogens is 184 g/mol. The van der Waals surface area contributed by atoms with Gasteiger partial charge in [0.15, 0.2) is 0 Å². The van der Waals surface area contributed by atoms with E-state index in [4.69, 9.17) is 10.5 Å². The zero-order valence-electron chi connectivity index (χ0n) is 8.36. The van der Waals surface area contributed by atoms with E-state index < -0.39 is 6.09 Å². The van der Waals surface area contributed by atoms with Gasteiger partial charge in [0.2, 0.25) is 5.91 Å². The summed E-state index contributed by atoms with van der Waals surface area (Å²) in [4.78, 5) is 23.1. The molecule has 1 aliphatic heterocycles. The van der Waals surface area contributed by atoms with Gasteiger partial charge in [0.05, 0.1) is 6.61 Å². The topological polar surface area (TPSA) is 72.6 Å². The number of piperidine rings is 1. The minimum atomic E-state index is -0.723. The molecule has 0 aromatic heterocycles. The molecule has 0 bridgehead atoms. The molecule has 0 saturated carbocycles. The van der Waals surface area contributed by atoms with Gasteiger partial charge in [-0.25, -0.2) is 4.79 Å². The standard InChI is InChI=1S/C9H16N2O3/c1-7(12)11-4-2-8(3-5-11)6-14-9(10)13/h8H,2-6H2,1H3,(H2,10,13). The van der Waals surface area contributed by atoms with Crippen molar-refractivity contribution in [2.45, 2.75) is 19.8 Å². The zero-order valence-corrected chi connectivity index (χ0v) is 8.36. The predicted molar refractivity (Wildman–Crippen MR) is 50.5 cm³/mol. The Labute approximate surface area is 83.2 Å². The van der Waals surface area contributed by atoms with Crippen molar-refractivity contribution in [2.75, 3.05) is 19.7 Å². The van der Waals surface area contributed by atoms with Crippen LogP contribution < -0.4 is 5.73 Å². The van der Waals surface area contributed by atoms with Crippen LogP contribution in [-0.4, -0.2) is 36.6 Å². The number of primary amides is 1. The van der Waals surface area contributed by atoms with Gasteiger partial charge >= 0.3 is 6.09 Å². The summed E-state index contributed by atoms with van der Waals surface area (Å²) in [6.07, 6.45) is 1.04. The average molecular weight is 200 g/mol. The van der Waals surface area contributed by atoms with Crippen molar-refractivity contribution < 1.29 is 14.3 Å². The lowest BCUT2D eigenvalue weighted by Gasteiger charge is -2.30. The van der Waals surface area contributed by atoms with Crippen molar-refractivity contribution in [3.63, 3.8) is 0 Å². The third-order valence-electron chi connectivity index (χ3n) is 2.52. The van der Waals surface area contributed by atoms with Gasteiger partial charge in [0.25, 0.3) is 0 Å². The third-order valence-corrected chi connectivity index (χ3v) is 2.52. The molecule has 0 spiro atoms. The number of carbonyl (C=O) groups excluding carboxylic acids is 2. The van der Waals surface area contributed by atoms with E-state index in [-0.39, 0.29) is 5.91 Å². The molecule has 0 radical (unpaired) electrons. The molecule has 2 N–H and O–H groups in total. The highest BCUT2D eigenvalue weighted by molar-refractivity contribution is 5.73. The maximum Gasteiger partial charge on any atom is 0.404 e. The van der Waals surface area contributed by atoms with E-state index >= 15 is 0 Å². The molecule has 1 fully saturated rings. The molecular formula is C9H16N2O3. The third kappa shape index (κ3) is 3.24. The summed E-state index contributed by atoms with van der Waals surface area (Å²) >= 11 is 0. The van der Waals surface area contributed by atoms with Gasteiger partial charge in [-0.15, -0.1) is 0 Å². The van der Waals surface area contributed by atoms with Gasteiger partial charge in [-0.2, -0.15) is 0 Å². The molecule has 1 rings (SSSR count). The molecule has 1 aliphatic rings. The molecule has 0 unspecified atom stereocenters. The summed E-state index contributed by atoms with van der Waals surface area (Å²) in [6.45, 7) is 3.45. The number of ether oxygens (including phenoxy) is 1. The SMILES string of the molecule is CC(=O)N1CCC(COC(N)=O)CC1. The highest BCUT2D eigenvalue weighted by atomic mass is 16.5. The van der Waals surface area contributed by atoms with Crippen LogP contribution in [0.1, 0.15) is 19.8 Å². The lowest BCUT2D eigenvalue weighted by molar-refractivity contribution is -0.130. The van der Waals surface area contributed by atoms with Crippen LogP contribution in [0.15, 0.2) is 0 Å². The molecule has 1 saturated heterocycles. The molecule has 2 amide bonds. The van der Waals surface area contributed by atoms with Crippen LogP contribution in [0.25, 0.3) is 0 Å². The molecule has 0 aromatic rings. The van der Waals surface area contributed by atoms with Crippen LogP contribution in [-0.2, 0) is 9.53 Å². The van der Waals surface area contributed by atoms with Gasteiger partial charge in [0.1, 0.15) is 0 Å². The molecule has 80 valence electrons. The van der Waals surface area contributed by atoms with E-state index in [0.29, 0.717) is 12.5 Å². The van der Waals surface area contributed by atoms with Gasteiger partial charge in [-0.1, -0.05) is 0 Å². The lowest BCUT2D eigenvalue weighted by atomic mass is 9.98. The fraction of sp³-hybridized carbons (Fsp3) is 0.778. The van der Waals surface area contributed by atoms with E-state index in [9.17, 15) is 9.59 Å². The summed E-state index contributed by atoms with van der Waals surface area (Å²) in [5.41, 5.74) is 4.86. The number of likely N-dealkylation sites (tertiary alicyclic amines) is 1. The number of amides is 2. The lowest BCUT2D eigenvalue weighted by Crippen LogP contribution is -2.38. The number of carbonyl (C=O) groups is 2. The number of hydrogen-bond donors (Lipinski definition) is 1. The molecule has 0 aromatic carbocycles. The molecule has 5 nitrogen and oxygen atoms in total. The molecule has 14 heavy (non-hydrogen) atoms. The summed E-state index contributed by atoms with van der Waals surface area (Å²) in [6, 6.07) is 0. The first-order valence-electron chi connectivity index (χ1n) is 4.77. The number of hydrogen-bond acceptors (Lipinski definition) is 3. The largest absolute Gasteiger partial charge is 0.449 e. The van der Waals surface area contributed by atoms with E-state index in [0.717, 1.165) is 25.9 Å². The highest BCUT2D eigenvalue weighted by Gasteiger charge is 2.21.